The molecule has 0 saturated heterocycles. The molecule has 0 aliphatic rings. The van der Waals surface area contributed by atoms with Crippen LogP contribution in [0.5, 0.6) is 0 Å². The Morgan fingerprint density at radius 2 is 1.76 bits per heavy atom. The summed E-state index contributed by atoms with van der Waals surface area (Å²) in [5.74, 6) is -0.104. The number of nitrogens with zero attached hydrogens (tertiary/aromatic N) is 2. The first-order chi connectivity index (χ1) is 9.97. The lowest BCUT2D eigenvalue weighted by Gasteiger charge is -2.22. The van der Waals surface area contributed by atoms with Crippen LogP contribution in [0.15, 0.2) is 28.7 Å². The Kier molecular flexibility index (Phi) is 7.39. The Bertz CT molecular complexity index is 490. The molecule has 21 heavy (non-hydrogen) atoms. The molecule has 0 aliphatic carbocycles. The highest BCUT2D eigenvalue weighted by molar-refractivity contribution is 9.10. The van der Waals surface area contributed by atoms with Gasteiger partial charge in [-0.15, -0.1) is 0 Å². The summed E-state index contributed by atoms with van der Waals surface area (Å²) in [4.78, 5) is 27.4. The van der Waals surface area contributed by atoms with E-state index in [4.69, 9.17) is 0 Å². The largest absolute Gasteiger partial charge is 0.342 e. The molecule has 0 unspecified atom stereocenters. The van der Waals surface area contributed by atoms with E-state index in [0.29, 0.717) is 13.1 Å². The summed E-state index contributed by atoms with van der Waals surface area (Å²) in [6.07, 6.45) is 0. The number of rotatable bonds is 7. The molecular formula is C15H22BrN3O2. The minimum absolute atomic E-state index is 0.0381. The number of anilines is 1. The van der Waals surface area contributed by atoms with Crippen LogP contribution in [0.1, 0.15) is 13.8 Å². The molecule has 1 N–H and O–H groups in total. The fourth-order valence-electron chi connectivity index (χ4n) is 1.96. The number of carbonyl (C=O) groups excluding carboxylic acids is 2. The van der Waals surface area contributed by atoms with E-state index in [0.717, 1.165) is 10.2 Å². The van der Waals surface area contributed by atoms with Crippen molar-refractivity contribution in [3.05, 3.63) is 28.7 Å². The van der Waals surface area contributed by atoms with Crippen LogP contribution in [-0.2, 0) is 9.59 Å². The smallest absolute Gasteiger partial charge is 0.238 e. The fraction of sp³-hybridized carbons (Fsp3) is 0.467. The van der Waals surface area contributed by atoms with E-state index in [-0.39, 0.29) is 24.9 Å². The standard InChI is InChI=1S/C15H22BrN3O2/c1-4-19(5-2)15(21)11-18(3)10-14(20)17-13-9-7-6-8-12(13)16/h6-9H,4-5,10-11H2,1-3H3,(H,17,20). The summed E-state index contributed by atoms with van der Waals surface area (Å²) < 4.78 is 0.834. The van der Waals surface area contributed by atoms with Gasteiger partial charge >= 0.3 is 0 Å². The number of nitrogens with one attached hydrogen (secondary N) is 1. The van der Waals surface area contributed by atoms with Crippen LogP contribution in [0.25, 0.3) is 0 Å². The van der Waals surface area contributed by atoms with Crippen LogP contribution in [-0.4, -0.2) is 54.8 Å². The third-order valence-corrected chi connectivity index (χ3v) is 3.77. The van der Waals surface area contributed by atoms with Gasteiger partial charge in [0.2, 0.25) is 11.8 Å². The van der Waals surface area contributed by atoms with Gasteiger partial charge in [-0.05, 0) is 49.0 Å². The number of hydrogen-bond acceptors (Lipinski definition) is 3. The molecule has 0 spiro atoms. The van der Waals surface area contributed by atoms with Crippen LogP contribution in [0.4, 0.5) is 5.69 Å². The van der Waals surface area contributed by atoms with Gasteiger partial charge in [0.05, 0.1) is 18.8 Å². The third-order valence-electron chi connectivity index (χ3n) is 3.08. The number of halogens is 1. The van der Waals surface area contributed by atoms with Gasteiger partial charge in [-0.25, -0.2) is 0 Å². The van der Waals surface area contributed by atoms with Gasteiger partial charge in [-0.3, -0.25) is 14.5 Å². The monoisotopic (exact) mass is 355 g/mol. The van der Waals surface area contributed by atoms with Crippen LogP contribution in [0, 0.1) is 0 Å². The minimum Gasteiger partial charge on any atom is -0.342 e. The molecule has 0 radical (unpaired) electrons. The molecule has 6 heteroatoms. The summed E-state index contributed by atoms with van der Waals surface area (Å²) in [6.45, 7) is 5.68. The molecular weight excluding hydrogens is 334 g/mol. The Morgan fingerprint density at radius 3 is 2.33 bits per heavy atom. The van der Waals surface area contributed by atoms with Gasteiger partial charge in [0.25, 0.3) is 0 Å². The molecule has 0 saturated carbocycles. The Labute approximate surface area is 134 Å². The van der Waals surface area contributed by atoms with Gasteiger partial charge in [0.15, 0.2) is 0 Å². The SMILES string of the molecule is CCN(CC)C(=O)CN(C)CC(=O)Nc1ccccc1Br. The average Bonchev–Trinajstić information content (AvgIpc) is 2.42. The predicted molar refractivity (Wildman–Crippen MR) is 88.2 cm³/mol. The van der Waals surface area contributed by atoms with Gasteiger partial charge in [0, 0.05) is 17.6 Å². The molecule has 0 aromatic heterocycles. The maximum absolute atomic E-state index is 12.0. The van der Waals surface area contributed by atoms with Crippen LogP contribution in [0.3, 0.4) is 0 Å². The summed E-state index contributed by atoms with van der Waals surface area (Å²) in [6, 6.07) is 7.43. The highest BCUT2D eigenvalue weighted by atomic mass is 79.9. The predicted octanol–water partition coefficient (Wildman–Crippen LogP) is 2.19. The molecule has 1 aromatic rings. The van der Waals surface area contributed by atoms with Gasteiger partial charge < -0.3 is 10.2 Å². The molecule has 0 fully saturated rings. The zero-order valence-electron chi connectivity index (χ0n) is 12.7. The number of carbonyl (C=O) groups is 2. The first-order valence-electron chi connectivity index (χ1n) is 6.98. The van der Waals surface area contributed by atoms with Crippen molar-refractivity contribution in [2.75, 3.05) is 38.5 Å². The Hall–Kier alpha value is -1.40. The Balaban J connectivity index is 2.47. The molecule has 1 rings (SSSR count). The van der Waals surface area contributed by atoms with Crippen molar-refractivity contribution in [2.45, 2.75) is 13.8 Å². The highest BCUT2D eigenvalue weighted by Gasteiger charge is 2.15. The zero-order valence-corrected chi connectivity index (χ0v) is 14.3. The summed E-state index contributed by atoms with van der Waals surface area (Å²) in [7, 11) is 1.76. The van der Waals surface area contributed by atoms with Crippen molar-refractivity contribution >= 4 is 33.4 Å². The molecule has 0 aliphatic heterocycles. The number of para-hydroxylation sites is 1. The number of amides is 2. The summed E-state index contributed by atoms with van der Waals surface area (Å²) >= 11 is 3.38. The number of hydrogen-bond donors (Lipinski definition) is 1. The van der Waals surface area contributed by atoms with Crippen LogP contribution < -0.4 is 5.32 Å². The lowest BCUT2D eigenvalue weighted by molar-refractivity contribution is -0.132. The summed E-state index contributed by atoms with van der Waals surface area (Å²) in [5, 5.41) is 2.82. The Morgan fingerprint density at radius 1 is 1.14 bits per heavy atom. The molecule has 0 heterocycles. The van der Waals surface area contributed by atoms with Crippen LogP contribution in [0.2, 0.25) is 0 Å². The quantitative estimate of drug-likeness (QED) is 0.815. The van der Waals surface area contributed by atoms with E-state index in [1.807, 2.05) is 38.1 Å². The third kappa shape index (κ3) is 5.85. The van der Waals surface area contributed by atoms with E-state index in [1.165, 1.54) is 0 Å². The normalized spacial score (nSPS) is 10.5. The molecule has 5 nitrogen and oxygen atoms in total. The second-order valence-corrected chi connectivity index (χ2v) is 5.62. The molecule has 2 amide bonds. The highest BCUT2D eigenvalue weighted by Crippen LogP contribution is 2.20. The summed E-state index contributed by atoms with van der Waals surface area (Å²) in [5.41, 5.74) is 0.728. The number of likely N-dealkylation sites (N-methyl/N-ethyl adjacent to an activating group) is 2. The maximum Gasteiger partial charge on any atom is 0.238 e. The van der Waals surface area contributed by atoms with E-state index >= 15 is 0 Å². The second kappa shape index (κ2) is 8.79. The van der Waals surface area contributed by atoms with E-state index in [9.17, 15) is 9.59 Å². The molecule has 1 aromatic carbocycles. The first-order valence-corrected chi connectivity index (χ1v) is 7.77. The first kappa shape index (κ1) is 17.7. The van der Waals surface area contributed by atoms with Crippen molar-refractivity contribution in [1.29, 1.82) is 0 Å². The molecule has 0 bridgehead atoms. The van der Waals surface area contributed by atoms with Gasteiger partial charge in [0.1, 0.15) is 0 Å². The second-order valence-electron chi connectivity index (χ2n) is 4.77. The van der Waals surface area contributed by atoms with E-state index in [2.05, 4.69) is 21.2 Å². The van der Waals surface area contributed by atoms with Crippen molar-refractivity contribution in [3.8, 4) is 0 Å². The van der Waals surface area contributed by atoms with Gasteiger partial charge in [-0.1, -0.05) is 12.1 Å². The minimum atomic E-state index is -0.142. The lowest BCUT2D eigenvalue weighted by Crippen LogP contribution is -2.41. The maximum atomic E-state index is 12.0. The zero-order chi connectivity index (χ0) is 15.8. The average molecular weight is 356 g/mol. The number of benzene rings is 1. The van der Waals surface area contributed by atoms with Crippen molar-refractivity contribution < 1.29 is 9.59 Å². The van der Waals surface area contributed by atoms with E-state index in [1.54, 1.807) is 16.8 Å². The lowest BCUT2D eigenvalue weighted by atomic mass is 10.3. The van der Waals surface area contributed by atoms with Gasteiger partial charge in [-0.2, -0.15) is 0 Å². The van der Waals surface area contributed by atoms with Crippen molar-refractivity contribution in [2.24, 2.45) is 0 Å². The van der Waals surface area contributed by atoms with Crippen LogP contribution >= 0.6 is 15.9 Å². The van der Waals surface area contributed by atoms with E-state index < -0.39 is 0 Å². The molecule has 116 valence electrons. The topological polar surface area (TPSA) is 52.7 Å². The fourth-order valence-corrected chi connectivity index (χ4v) is 2.34. The van der Waals surface area contributed by atoms with Crippen molar-refractivity contribution in [1.82, 2.24) is 9.80 Å². The van der Waals surface area contributed by atoms with Crippen molar-refractivity contribution in [3.63, 3.8) is 0 Å². The molecule has 0 atom stereocenters.